The number of nitrogens with zero attached hydrogens (tertiary/aromatic N) is 2. The van der Waals surface area contributed by atoms with E-state index in [0.717, 1.165) is 10.9 Å². The van der Waals surface area contributed by atoms with Gasteiger partial charge in [0, 0.05) is 31.0 Å². The quantitative estimate of drug-likeness (QED) is 0.396. The summed E-state index contributed by atoms with van der Waals surface area (Å²) in [5.74, 6) is -2.52. The number of aromatic nitrogens is 2. The van der Waals surface area contributed by atoms with Crippen LogP contribution in [-0.4, -0.2) is 36.1 Å². The molecule has 0 amide bonds. The Morgan fingerprint density at radius 2 is 1.93 bits per heavy atom. The molecule has 154 valence electrons. The van der Waals surface area contributed by atoms with E-state index < -0.39 is 17.4 Å². The highest BCUT2D eigenvalue weighted by atomic mass is 19.1. The summed E-state index contributed by atoms with van der Waals surface area (Å²) in [5.41, 5.74) is 1.93. The van der Waals surface area contributed by atoms with Crippen molar-refractivity contribution in [3.05, 3.63) is 53.7 Å². The van der Waals surface area contributed by atoms with Crippen LogP contribution in [0.15, 0.2) is 36.5 Å². The Morgan fingerprint density at radius 1 is 1.17 bits per heavy atom. The fraction of sp³-hybridized carbons (Fsp3) is 0.333. The molecule has 0 aliphatic carbocycles. The largest absolute Gasteiger partial charge is 0.488 e. The third kappa shape index (κ3) is 4.89. The lowest BCUT2D eigenvalue weighted by molar-refractivity contribution is -0.143. The predicted octanol–water partition coefficient (Wildman–Crippen LogP) is 4.17. The summed E-state index contributed by atoms with van der Waals surface area (Å²) < 4.78 is 45.5. The van der Waals surface area contributed by atoms with Crippen molar-refractivity contribution in [1.29, 1.82) is 0 Å². The fourth-order valence-corrected chi connectivity index (χ4v) is 2.98. The number of halogens is 2. The molecule has 0 aliphatic heterocycles. The number of carbonyl (C=O) groups is 1. The molecule has 2 aromatic carbocycles. The average molecular weight is 404 g/mol. The number of benzene rings is 2. The lowest BCUT2D eigenvalue weighted by atomic mass is 10.1. The molecule has 0 atom stereocenters. The second kappa shape index (κ2) is 9.47. The Bertz CT molecular complexity index is 981. The van der Waals surface area contributed by atoms with E-state index in [1.54, 1.807) is 20.2 Å². The van der Waals surface area contributed by atoms with Crippen LogP contribution in [0.5, 0.6) is 5.75 Å². The van der Waals surface area contributed by atoms with Gasteiger partial charge in [0.2, 0.25) is 0 Å². The van der Waals surface area contributed by atoms with Gasteiger partial charge in [0.1, 0.15) is 0 Å². The van der Waals surface area contributed by atoms with Gasteiger partial charge >= 0.3 is 5.97 Å². The highest BCUT2D eigenvalue weighted by Gasteiger charge is 2.16. The molecule has 0 radical (unpaired) electrons. The van der Waals surface area contributed by atoms with Crippen LogP contribution < -0.4 is 4.74 Å². The maximum absolute atomic E-state index is 14.5. The molecule has 0 N–H and O–H groups in total. The molecule has 6 nitrogen and oxygen atoms in total. The Morgan fingerprint density at radius 3 is 2.62 bits per heavy atom. The van der Waals surface area contributed by atoms with E-state index >= 15 is 0 Å². The molecule has 0 spiro atoms. The Labute approximate surface area is 167 Å². The van der Waals surface area contributed by atoms with E-state index in [1.165, 1.54) is 16.8 Å². The second-order valence-electron chi connectivity index (χ2n) is 6.38. The Balaban J connectivity index is 1.75. The molecule has 1 heterocycles. The van der Waals surface area contributed by atoms with E-state index in [1.807, 2.05) is 18.2 Å². The van der Waals surface area contributed by atoms with Crippen molar-refractivity contribution in [1.82, 2.24) is 9.78 Å². The van der Waals surface area contributed by atoms with Crippen LogP contribution >= 0.6 is 0 Å². The van der Waals surface area contributed by atoms with E-state index in [-0.39, 0.29) is 24.7 Å². The number of fused-ring (bicyclic) bond motifs is 1. The second-order valence-corrected chi connectivity index (χ2v) is 6.38. The van der Waals surface area contributed by atoms with Crippen molar-refractivity contribution < 1.29 is 27.8 Å². The topological polar surface area (TPSA) is 62.6 Å². The third-order valence-corrected chi connectivity index (χ3v) is 4.25. The van der Waals surface area contributed by atoms with E-state index in [9.17, 15) is 13.6 Å². The molecule has 0 bridgehead atoms. The van der Waals surface area contributed by atoms with Gasteiger partial charge in [-0.2, -0.15) is 5.10 Å². The molecule has 29 heavy (non-hydrogen) atoms. The molecular formula is C21H22F2N2O4. The summed E-state index contributed by atoms with van der Waals surface area (Å²) in [4.78, 5) is 11.3. The number of hydrogen-bond donors (Lipinski definition) is 0. The minimum absolute atomic E-state index is 0.00101. The van der Waals surface area contributed by atoms with Crippen LogP contribution in [-0.2, 0) is 20.9 Å². The normalized spacial score (nSPS) is 11.0. The maximum atomic E-state index is 14.5. The van der Waals surface area contributed by atoms with Crippen LogP contribution in [0.1, 0.15) is 25.3 Å². The minimum atomic E-state index is -0.837. The monoisotopic (exact) mass is 404 g/mol. The van der Waals surface area contributed by atoms with Crippen molar-refractivity contribution in [3.63, 3.8) is 0 Å². The van der Waals surface area contributed by atoms with Gasteiger partial charge in [-0.25, -0.2) is 13.5 Å². The van der Waals surface area contributed by atoms with Crippen molar-refractivity contribution in [2.45, 2.75) is 26.4 Å². The lowest BCUT2D eigenvalue weighted by Gasteiger charge is -2.11. The molecule has 0 unspecified atom stereocenters. The first-order valence-electron chi connectivity index (χ1n) is 9.27. The van der Waals surface area contributed by atoms with Crippen molar-refractivity contribution in [3.8, 4) is 11.4 Å². The molecular weight excluding hydrogens is 382 g/mol. The summed E-state index contributed by atoms with van der Waals surface area (Å²) >= 11 is 0. The fourth-order valence-electron chi connectivity index (χ4n) is 2.98. The van der Waals surface area contributed by atoms with Gasteiger partial charge in [0.05, 0.1) is 37.2 Å². The van der Waals surface area contributed by atoms with Crippen molar-refractivity contribution in [2.24, 2.45) is 0 Å². The highest BCUT2D eigenvalue weighted by Crippen LogP contribution is 2.27. The molecule has 1 aromatic heterocycles. The molecule has 0 fully saturated rings. The molecule has 3 rings (SSSR count). The zero-order valence-corrected chi connectivity index (χ0v) is 16.3. The number of carbonyl (C=O) groups excluding carboxylic acids is 1. The first-order chi connectivity index (χ1) is 14.0. The summed E-state index contributed by atoms with van der Waals surface area (Å²) in [7, 11) is 1.61. The number of ether oxygens (including phenoxy) is 3. The SMILES string of the molecule is CCOC(=O)CCCOc1c(F)cc(-n2ncc3cc(COC)ccc32)cc1F. The van der Waals surface area contributed by atoms with Gasteiger partial charge in [-0.3, -0.25) is 4.79 Å². The third-order valence-electron chi connectivity index (χ3n) is 4.25. The summed E-state index contributed by atoms with van der Waals surface area (Å²) in [6, 6.07) is 7.94. The van der Waals surface area contributed by atoms with Gasteiger partial charge in [0.25, 0.3) is 0 Å². The zero-order valence-electron chi connectivity index (χ0n) is 16.3. The Kier molecular flexibility index (Phi) is 6.77. The number of esters is 1. The van der Waals surface area contributed by atoms with Gasteiger partial charge in [0.15, 0.2) is 17.4 Å². The average Bonchev–Trinajstić information content (AvgIpc) is 3.10. The standard InChI is InChI=1S/C21H22F2N2O4/c1-3-28-20(26)5-4-8-29-21-17(22)10-16(11-18(21)23)25-19-7-6-14(13-27-2)9-15(19)12-24-25/h6-7,9-12H,3-5,8,13H2,1-2H3. The van der Waals surface area contributed by atoms with E-state index in [2.05, 4.69) is 5.10 Å². The summed E-state index contributed by atoms with van der Waals surface area (Å²) in [6.45, 7) is 2.47. The van der Waals surface area contributed by atoms with Gasteiger partial charge in [-0.1, -0.05) is 6.07 Å². The maximum Gasteiger partial charge on any atom is 0.305 e. The predicted molar refractivity (Wildman–Crippen MR) is 103 cm³/mol. The van der Waals surface area contributed by atoms with Gasteiger partial charge in [-0.15, -0.1) is 0 Å². The number of methoxy groups -OCH3 is 1. The molecule has 0 saturated heterocycles. The van der Waals surface area contributed by atoms with E-state index in [4.69, 9.17) is 14.2 Å². The highest BCUT2D eigenvalue weighted by molar-refractivity contribution is 5.81. The molecule has 0 saturated carbocycles. The van der Waals surface area contributed by atoms with Crippen LogP contribution in [0.25, 0.3) is 16.6 Å². The van der Waals surface area contributed by atoms with Crippen LogP contribution in [0.4, 0.5) is 8.78 Å². The summed E-state index contributed by atoms with van der Waals surface area (Å²) in [5, 5.41) is 5.07. The lowest BCUT2D eigenvalue weighted by Crippen LogP contribution is -2.08. The number of rotatable bonds is 9. The van der Waals surface area contributed by atoms with E-state index in [0.29, 0.717) is 25.2 Å². The van der Waals surface area contributed by atoms with Crippen LogP contribution in [0, 0.1) is 11.6 Å². The van der Waals surface area contributed by atoms with Crippen LogP contribution in [0.2, 0.25) is 0 Å². The first-order valence-corrected chi connectivity index (χ1v) is 9.27. The number of hydrogen-bond acceptors (Lipinski definition) is 5. The zero-order chi connectivity index (χ0) is 20.8. The minimum Gasteiger partial charge on any atom is -0.488 e. The Hall–Kier alpha value is -3.00. The summed E-state index contributed by atoms with van der Waals surface area (Å²) in [6.07, 6.45) is 2.05. The van der Waals surface area contributed by atoms with Crippen molar-refractivity contribution in [2.75, 3.05) is 20.3 Å². The van der Waals surface area contributed by atoms with Gasteiger partial charge < -0.3 is 14.2 Å². The molecule has 8 heteroatoms. The van der Waals surface area contributed by atoms with Crippen LogP contribution in [0.3, 0.4) is 0 Å². The molecule has 3 aromatic rings. The smallest absolute Gasteiger partial charge is 0.305 e. The first kappa shape index (κ1) is 20.7. The molecule has 0 aliphatic rings. The van der Waals surface area contributed by atoms with Gasteiger partial charge in [-0.05, 0) is 31.0 Å². The van der Waals surface area contributed by atoms with Crippen molar-refractivity contribution >= 4 is 16.9 Å².